The summed E-state index contributed by atoms with van der Waals surface area (Å²) in [5.41, 5.74) is 1.84. The molecule has 0 aromatic carbocycles. The monoisotopic (exact) mass is 328 g/mol. The first-order valence-electron chi connectivity index (χ1n) is 6.64. The van der Waals surface area contributed by atoms with E-state index in [4.69, 9.17) is 0 Å². The molecule has 0 unspecified atom stereocenters. The van der Waals surface area contributed by atoms with Crippen LogP contribution in [0.15, 0.2) is 22.7 Å². The Morgan fingerprint density at radius 3 is 2.76 bits per heavy atom. The normalized spacial score (nSPS) is 12.0. The molecule has 116 valence electrons. The second kappa shape index (κ2) is 6.69. The SMILES string of the molecule is CNCc1scc(C)c1S(=O)(=O)NCCn1cc(C)cn1. The summed E-state index contributed by atoms with van der Waals surface area (Å²) in [6.07, 6.45) is 3.64. The largest absolute Gasteiger partial charge is 0.315 e. The van der Waals surface area contributed by atoms with E-state index < -0.39 is 10.0 Å². The lowest BCUT2D eigenvalue weighted by molar-refractivity contribution is 0.559. The van der Waals surface area contributed by atoms with Crippen LogP contribution in [0.3, 0.4) is 0 Å². The number of aromatic nitrogens is 2. The van der Waals surface area contributed by atoms with Crippen molar-refractivity contribution >= 4 is 21.4 Å². The summed E-state index contributed by atoms with van der Waals surface area (Å²) in [6.45, 7) is 5.15. The van der Waals surface area contributed by atoms with Crippen LogP contribution < -0.4 is 10.0 Å². The van der Waals surface area contributed by atoms with Crippen molar-refractivity contribution in [3.63, 3.8) is 0 Å². The Bertz CT molecular complexity index is 704. The van der Waals surface area contributed by atoms with Crippen LogP contribution in [0.4, 0.5) is 0 Å². The zero-order valence-corrected chi connectivity index (χ0v) is 14.0. The highest BCUT2D eigenvalue weighted by atomic mass is 32.2. The maximum absolute atomic E-state index is 12.4. The Hall–Kier alpha value is -1.22. The third kappa shape index (κ3) is 3.91. The second-order valence-corrected chi connectivity index (χ2v) is 7.55. The lowest BCUT2D eigenvalue weighted by atomic mass is 10.3. The lowest BCUT2D eigenvalue weighted by Gasteiger charge is -2.09. The Kier molecular flexibility index (Phi) is 5.15. The van der Waals surface area contributed by atoms with Gasteiger partial charge in [0.05, 0.1) is 12.7 Å². The van der Waals surface area contributed by atoms with E-state index in [-0.39, 0.29) is 0 Å². The quantitative estimate of drug-likeness (QED) is 0.802. The van der Waals surface area contributed by atoms with Gasteiger partial charge in [0.1, 0.15) is 4.90 Å². The zero-order valence-electron chi connectivity index (χ0n) is 12.4. The predicted octanol–water partition coefficient (Wildman–Crippen LogP) is 1.26. The molecule has 0 atom stereocenters. The maximum atomic E-state index is 12.4. The average molecular weight is 328 g/mol. The van der Waals surface area contributed by atoms with Gasteiger partial charge in [0.25, 0.3) is 0 Å². The van der Waals surface area contributed by atoms with Crippen molar-refractivity contribution in [3.8, 4) is 0 Å². The summed E-state index contributed by atoms with van der Waals surface area (Å²) in [4.78, 5) is 1.23. The summed E-state index contributed by atoms with van der Waals surface area (Å²) >= 11 is 1.46. The molecule has 0 radical (unpaired) electrons. The van der Waals surface area contributed by atoms with Crippen LogP contribution in [0.2, 0.25) is 0 Å². The van der Waals surface area contributed by atoms with Gasteiger partial charge in [-0.3, -0.25) is 4.68 Å². The van der Waals surface area contributed by atoms with Gasteiger partial charge in [-0.2, -0.15) is 5.10 Å². The minimum absolute atomic E-state index is 0.317. The summed E-state index contributed by atoms with van der Waals surface area (Å²) in [5, 5.41) is 9.01. The predicted molar refractivity (Wildman–Crippen MR) is 84.0 cm³/mol. The minimum atomic E-state index is -3.48. The number of hydrogen-bond acceptors (Lipinski definition) is 5. The van der Waals surface area contributed by atoms with Gasteiger partial charge in [0.2, 0.25) is 10.0 Å². The van der Waals surface area contributed by atoms with E-state index in [0.717, 1.165) is 16.0 Å². The molecule has 2 heterocycles. The first kappa shape index (κ1) is 16.2. The van der Waals surface area contributed by atoms with Gasteiger partial charge in [-0.1, -0.05) is 0 Å². The van der Waals surface area contributed by atoms with Crippen molar-refractivity contribution in [2.75, 3.05) is 13.6 Å². The summed E-state index contributed by atoms with van der Waals surface area (Å²) in [5.74, 6) is 0. The van der Waals surface area contributed by atoms with E-state index in [0.29, 0.717) is 24.5 Å². The molecule has 2 aromatic rings. The van der Waals surface area contributed by atoms with Crippen LogP contribution >= 0.6 is 11.3 Å². The molecule has 2 rings (SSSR count). The number of thiophene rings is 1. The molecule has 0 aliphatic carbocycles. The highest BCUT2D eigenvalue weighted by molar-refractivity contribution is 7.89. The van der Waals surface area contributed by atoms with Gasteiger partial charge in [0.15, 0.2) is 0 Å². The van der Waals surface area contributed by atoms with Crippen LogP contribution in [-0.2, 0) is 23.1 Å². The maximum Gasteiger partial charge on any atom is 0.242 e. The fraction of sp³-hybridized carbons (Fsp3) is 0.462. The number of rotatable bonds is 7. The molecule has 0 spiro atoms. The van der Waals surface area contributed by atoms with E-state index in [1.54, 1.807) is 17.9 Å². The lowest BCUT2D eigenvalue weighted by Crippen LogP contribution is -2.28. The number of nitrogens with zero attached hydrogens (tertiary/aromatic N) is 2. The standard InChI is InChI=1S/C13H20N4O2S2/c1-10-6-15-17(8-10)5-4-16-21(18,19)13-11(2)9-20-12(13)7-14-3/h6,8-9,14,16H,4-5,7H2,1-3H3. The number of aryl methyl sites for hydroxylation is 2. The molecule has 0 saturated carbocycles. The van der Waals surface area contributed by atoms with Gasteiger partial charge in [-0.15, -0.1) is 11.3 Å². The van der Waals surface area contributed by atoms with Gasteiger partial charge >= 0.3 is 0 Å². The van der Waals surface area contributed by atoms with Crippen molar-refractivity contribution < 1.29 is 8.42 Å². The summed E-state index contributed by atoms with van der Waals surface area (Å²) in [6, 6.07) is 0. The van der Waals surface area contributed by atoms with Crippen molar-refractivity contribution in [2.24, 2.45) is 0 Å². The first-order chi connectivity index (χ1) is 9.94. The van der Waals surface area contributed by atoms with E-state index in [1.165, 1.54) is 11.3 Å². The van der Waals surface area contributed by atoms with Crippen LogP contribution in [0.25, 0.3) is 0 Å². The van der Waals surface area contributed by atoms with Gasteiger partial charge < -0.3 is 5.32 Å². The minimum Gasteiger partial charge on any atom is -0.315 e. The topological polar surface area (TPSA) is 76.0 Å². The van der Waals surface area contributed by atoms with E-state index in [1.807, 2.05) is 25.4 Å². The van der Waals surface area contributed by atoms with Crippen LogP contribution in [0, 0.1) is 13.8 Å². The molecule has 0 fully saturated rings. The van der Waals surface area contributed by atoms with E-state index in [9.17, 15) is 8.42 Å². The van der Waals surface area contributed by atoms with Crippen LogP contribution in [0.1, 0.15) is 16.0 Å². The molecular formula is C13H20N4O2S2. The number of nitrogens with one attached hydrogen (secondary N) is 2. The summed E-state index contributed by atoms with van der Waals surface area (Å²) in [7, 11) is -1.68. The fourth-order valence-corrected chi connectivity index (χ4v) is 4.93. The van der Waals surface area contributed by atoms with Crippen molar-refractivity contribution in [3.05, 3.63) is 33.8 Å². The van der Waals surface area contributed by atoms with E-state index >= 15 is 0 Å². The number of sulfonamides is 1. The molecule has 0 amide bonds. The summed E-state index contributed by atoms with van der Waals surface area (Å²) < 4.78 is 29.3. The first-order valence-corrected chi connectivity index (χ1v) is 9.00. The molecule has 8 heteroatoms. The number of hydrogen-bond donors (Lipinski definition) is 2. The molecule has 6 nitrogen and oxygen atoms in total. The zero-order chi connectivity index (χ0) is 15.5. The third-order valence-corrected chi connectivity index (χ3v) is 5.91. The highest BCUT2D eigenvalue weighted by Gasteiger charge is 2.22. The molecule has 21 heavy (non-hydrogen) atoms. The van der Waals surface area contributed by atoms with Crippen LogP contribution in [0.5, 0.6) is 0 Å². The third-order valence-electron chi connectivity index (χ3n) is 2.99. The van der Waals surface area contributed by atoms with Gasteiger partial charge in [-0.25, -0.2) is 13.1 Å². The van der Waals surface area contributed by atoms with Gasteiger partial charge in [0, 0.05) is 24.2 Å². The fourth-order valence-electron chi connectivity index (χ4n) is 2.09. The Labute approximate surface area is 129 Å². The Morgan fingerprint density at radius 1 is 1.38 bits per heavy atom. The van der Waals surface area contributed by atoms with Crippen molar-refractivity contribution in [2.45, 2.75) is 31.8 Å². The molecule has 0 aliphatic rings. The van der Waals surface area contributed by atoms with E-state index in [2.05, 4.69) is 15.1 Å². The molecule has 0 aliphatic heterocycles. The Balaban J connectivity index is 2.06. The second-order valence-electron chi connectivity index (χ2n) is 4.88. The average Bonchev–Trinajstić information content (AvgIpc) is 2.97. The van der Waals surface area contributed by atoms with Crippen molar-refractivity contribution in [1.82, 2.24) is 19.8 Å². The smallest absolute Gasteiger partial charge is 0.242 e. The molecule has 2 aromatic heterocycles. The van der Waals surface area contributed by atoms with Crippen molar-refractivity contribution in [1.29, 1.82) is 0 Å². The highest BCUT2D eigenvalue weighted by Crippen LogP contribution is 2.26. The molecule has 2 N–H and O–H groups in total. The molecular weight excluding hydrogens is 308 g/mol. The van der Waals surface area contributed by atoms with Gasteiger partial charge in [-0.05, 0) is 37.4 Å². The van der Waals surface area contributed by atoms with Crippen LogP contribution in [-0.4, -0.2) is 31.8 Å². The Morgan fingerprint density at radius 2 is 2.14 bits per heavy atom. The molecule has 0 saturated heterocycles. The molecule has 0 bridgehead atoms.